The number of benzene rings is 1. The van der Waals surface area contributed by atoms with Crippen molar-refractivity contribution >= 4 is 11.6 Å². The first-order valence-electron chi connectivity index (χ1n) is 5.62. The SMILES string of the molecule is NCc1nc(-c2ccc3c(c2)OCCO3)c(Cl)[nH]1. The van der Waals surface area contributed by atoms with E-state index < -0.39 is 0 Å². The number of hydrogen-bond donors (Lipinski definition) is 2. The molecule has 5 nitrogen and oxygen atoms in total. The van der Waals surface area contributed by atoms with E-state index in [0.29, 0.717) is 42.2 Å². The molecule has 0 spiro atoms. The summed E-state index contributed by atoms with van der Waals surface area (Å²) in [4.78, 5) is 7.27. The maximum atomic E-state index is 6.10. The number of fused-ring (bicyclic) bond motifs is 1. The molecule has 1 aromatic carbocycles. The van der Waals surface area contributed by atoms with Gasteiger partial charge in [-0.15, -0.1) is 0 Å². The van der Waals surface area contributed by atoms with Gasteiger partial charge in [0.25, 0.3) is 0 Å². The van der Waals surface area contributed by atoms with Crippen molar-refractivity contribution in [1.82, 2.24) is 9.97 Å². The van der Waals surface area contributed by atoms with E-state index in [1.54, 1.807) is 0 Å². The zero-order valence-electron chi connectivity index (χ0n) is 9.57. The summed E-state index contributed by atoms with van der Waals surface area (Å²) in [7, 11) is 0. The number of nitrogens with one attached hydrogen (secondary N) is 1. The molecule has 0 saturated carbocycles. The highest BCUT2D eigenvalue weighted by molar-refractivity contribution is 6.31. The number of nitrogens with zero attached hydrogens (tertiary/aromatic N) is 1. The minimum absolute atomic E-state index is 0.324. The van der Waals surface area contributed by atoms with Gasteiger partial charge in [0, 0.05) is 5.56 Å². The number of ether oxygens (including phenoxy) is 2. The second-order valence-corrected chi connectivity index (χ2v) is 4.29. The van der Waals surface area contributed by atoms with E-state index in [4.69, 9.17) is 26.8 Å². The van der Waals surface area contributed by atoms with Crippen molar-refractivity contribution in [1.29, 1.82) is 0 Å². The van der Waals surface area contributed by atoms with Gasteiger partial charge in [0.15, 0.2) is 11.5 Å². The van der Waals surface area contributed by atoms with E-state index in [1.807, 2.05) is 18.2 Å². The number of H-pyrrole nitrogens is 1. The molecular weight excluding hydrogens is 254 g/mol. The van der Waals surface area contributed by atoms with Crippen molar-refractivity contribution < 1.29 is 9.47 Å². The molecule has 6 heteroatoms. The van der Waals surface area contributed by atoms with Crippen LogP contribution in [0.4, 0.5) is 0 Å². The minimum Gasteiger partial charge on any atom is -0.486 e. The number of imidazole rings is 1. The van der Waals surface area contributed by atoms with Gasteiger partial charge in [-0.25, -0.2) is 4.98 Å². The van der Waals surface area contributed by atoms with Crippen LogP contribution < -0.4 is 15.2 Å². The molecule has 2 heterocycles. The summed E-state index contributed by atoms with van der Waals surface area (Å²) >= 11 is 6.10. The van der Waals surface area contributed by atoms with Crippen LogP contribution in [0.1, 0.15) is 5.82 Å². The lowest BCUT2D eigenvalue weighted by Crippen LogP contribution is -2.15. The molecule has 0 saturated heterocycles. The fourth-order valence-corrected chi connectivity index (χ4v) is 2.14. The van der Waals surface area contributed by atoms with Gasteiger partial charge in [-0.2, -0.15) is 0 Å². The quantitative estimate of drug-likeness (QED) is 0.871. The molecule has 0 amide bonds. The molecule has 0 fully saturated rings. The highest BCUT2D eigenvalue weighted by Gasteiger charge is 2.15. The van der Waals surface area contributed by atoms with Gasteiger partial charge >= 0.3 is 0 Å². The van der Waals surface area contributed by atoms with E-state index in [-0.39, 0.29) is 0 Å². The van der Waals surface area contributed by atoms with Crippen LogP contribution in [0.15, 0.2) is 18.2 Å². The lowest BCUT2D eigenvalue weighted by atomic mass is 10.1. The highest BCUT2D eigenvalue weighted by Crippen LogP contribution is 2.35. The Hall–Kier alpha value is -1.72. The third kappa shape index (κ3) is 1.91. The van der Waals surface area contributed by atoms with E-state index in [9.17, 15) is 0 Å². The Morgan fingerprint density at radius 1 is 1.28 bits per heavy atom. The third-order valence-corrected chi connectivity index (χ3v) is 2.99. The first-order chi connectivity index (χ1) is 8.78. The number of hydrogen-bond acceptors (Lipinski definition) is 4. The molecule has 18 heavy (non-hydrogen) atoms. The fourth-order valence-electron chi connectivity index (χ4n) is 1.88. The predicted molar refractivity (Wildman–Crippen MR) is 67.9 cm³/mol. The lowest BCUT2D eigenvalue weighted by Gasteiger charge is -2.18. The van der Waals surface area contributed by atoms with E-state index in [1.165, 1.54) is 0 Å². The number of aromatic amines is 1. The Morgan fingerprint density at radius 2 is 2.06 bits per heavy atom. The van der Waals surface area contributed by atoms with Crippen molar-refractivity contribution in [3.8, 4) is 22.8 Å². The number of nitrogens with two attached hydrogens (primary N) is 1. The maximum Gasteiger partial charge on any atom is 0.162 e. The molecule has 0 unspecified atom stereocenters. The van der Waals surface area contributed by atoms with Crippen molar-refractivity contribution in [3.05, 3.63) is 29.2 Å². The Bertz CT molecular complexity index is 583. The summed E-state index contributed by atoms with van der Waals surface area (Å²) in [6, 6.07) is 5.63. The molecule has 0 atom stereocenters. The summed E-state index contributed by atoms with van der Waals surface area (Å²) in [6.45, 7) is 1.45. The van der Waals surface area contributed by atoms with Crippen LogP contribution in [-0.2, 0) is 6.54 Å². The molecule has 0 radical (unpaired) electrons. The summed E-state index contributed by atoms with van der Waals surface area (Å²) in [6.07, 6.45) is 0. The molecule has 0 aliphatic carbocycles. The van der Waals surface area contributed by atoms with Crippen LogP contribution in [0.2, 0.25) is 5.15 Å². The Balaban J connectivity index is 2.03. The van der Waals surface area contributed by atoms with E-state index >= 15 is 0 Å². The van der Waals surface area contributed by atoms with Crippen molar-refractivity contribution in [2.45, 2.75) is 6.54 Å². The van der Waals surface area contributed by atoms with Gasteiger partial charge in [-0.3, -0.25) is 0 Å². The molecular formula is C12H12ClN3O2. The molecule has 1 aliphatic heterocycles. The van der Waals surface area contributed by atoms with E-state index in [2.05, 4.69) is 9.97 Å². The van der Waals surface area contributed by atoms with Gasteiger partial charge in [-0.05, 0) is 18.2 Å². The number of halogens is 1. The van der Waals surface area contributed by atoms with Crippen molar-refractivity contribution in [2.24, 2.45) is 5.73 Å². The van der Waals surface area contributed by atoms with Crippen LogP contribution >= 0.6 is 11.6 Å². The summed E-state index contributed by atoms with van der Waals surface area (Å²) in [5.41, 5.74) is 7.07. The fraction of sp³-hybridized carbons (Fsp3) is 0.250. The van der Waals surface area contributed by atoms with Gasteiger partial charge in [0.1, 0.15) is 29.9 Å². The summed E-state index contributed by atoms with van der Waals surface area (Å²) < 4.78 is 11.0. The van der Waals surface area contributed by atoms with Gasteiger partial charge in [0.05, 0.1) is 6.54 Å². The van der Waals surface area contributed by atoms with Crippen molar-refractivity contribution in [3.63, 3.8) is 0 Å². The topological polar surface area (TPSA) is 73.2 Å². The smallest absolute Gasteiger partial charge is 0.162 e. The second kappa shape index (κ2) is 4.51. The lowest BCUT2D eigenvalue weighted by molar-refractivity contribution is 0.171. The molecule has 2 aromatic rings. The molecule has 3 N–H and O–H groups in total. The maximum absolute atomic E-state index is 6.10. The van der Waals surface area contributed by atoms with Crippen LogP contribution in [-0.4, -0.2) is 23.2 Å². The van der Waals surface area contributed by atoms with Gasteiger partial charge in [-0.1, -0.05) is 11.6 Å². The van der Waals surface area contributed by atoms with Crippen LogP contribution in [0, 0.1) is 0 Å². The monoisotopic (exact) mass is 265 g/mol. The normalized spacial score (nSPS) is 13.7. The largest absolute Gasteiger partial charge is 0.486 e. The molecule has 1 aromatic heterocycles. The molecule has 94 valence electrons. The van der Waals surface area contributed by atoms with E-state index in [0.717, 1.165) is 11.3 Å². The van der Waals surface area contributed by atoms with Crippen molar-refractivity contribution in [2.75, 3.05) is 13.2 Å². The Kier molecular flexibility index (Phi) is 2.85. The first-order valence-corrected chi connectivity index (χ1v) is 6.00. The number of rotatable bonds is 2. The van der Waals surface area contributed by atoms with Gasteiger partial charge in [0.2, 0.25) is 0 Å². The second-order valence-electron chi connectivity index (χ2n) is 3.91. The van der Waals surface area contributed by atoms with Crippen LogP contribution in [0.25, 0.3) is 11.3 Å². The zero-order valence-corrected chi connectivity index (χ0v) is 10.3. The molecule has 1 aliphatic rings. The number of aromatic nitrogens is 2. The van der Waals surface area contributed by atoms with Crippen LogP contribution in [0.3, 0.4) is 0 Å². The van der Waals surface area contributed by atoms with Gasteiger partial charge < -0.3 is 20.2 Å². The highest BCUT2D eigenvalue weighted by atomic mass is 35.5. The van der Waals surface area contributed by atoms with Crippen LogP contribution in [0.5, 0.6) is 11.5 Å². The average Bonchev–Trinajstić information content (AvgIpc) is 2.79. The minimum atomic E-state index is 0.324. The zero-order chi connectivity index (χ0) is 12.5. The summed E-state index contributed by atoms with van der Waals surface area (Å²) in [5.74, 6) is 2.12. The third-order valence-electron chi connectivity index (χ3n) is 2.72. The predicted octanol–water partition coefficient (Wildman–Crippen LogP) is 1.96. The summed E-state index contributed by atoms with van der Waals surface area (Å²) in [5, 5.41) is 0.479. The first kappa shape index (κ1) is 11.4. The Morgan fingerprint density at radius 3 is 2.78 bits per heavy atom. The Labute approximate surface area is 109 Å². The molecule has 3 rings (SSSR count). The average molecular weight is 266 g/mol. The standard InChI is InChI=1S/C12H12ClN3O2/c13-12-11(15-10(6-14)16-12)7-1-2-8-9(5-7)18-4-3-17-8/h1-2,5H,3-4,6,14H2,(H,15,16). The molecule has 0 bridgehead atoms.